The zero-order valence-corrected chi connectivity index (χ0v) is 15.5. The topological polar surface area (TPSA) is 95.3 Å². The lowest BCUT2D eigenvalue weighted by Gasteiger charge is -2.34. The number of pyridine rings is 1. The van der Waals surface area contributed by atoms with Crippen molar-refractivity contribution in [2.24, 2.45) is 0 Å². The monoisotopic (exact) mass is 384 g/mol. The van der Waals surface area contributed by atoms with Gasteiger partial charge < -0.3 is 29.7 Å². The number of hydrogen-bond acceptors (Lipinski definition) is 7. The Balaban J connectivity index is 1.43. The molecule has 0 radical (unpaired) electrons. The molecule has 5 rings (SSSR count). The van der Waals surface area contributed by atoms with Gasteiger partial charge >= 0.3 is 0 Å². The highest BCUT2D eigenvalue weighted by molar-refractivity contribution is 5.72. The van der Waals surface area contributed by atoms with Gasteiger partial charge in [0.05, 0.1) is 24.0 Å². The van der Waals surface area contributed by atoms with Crippen LogP contribution in [0.4, 0.5) is 5.69 Å². The molecule has 0 amide bonds. The Morgan fingerprint density at radius 1 is 1.14 bits per heavy atom. The van der Waals surface area contributed by atoms with Crippen LogP contribution in [0.15, 0.2) is 36.5 Å². The van der Waals surface area contributed by atoms with Crippen LogP contribution in [0.25, 0.3) is 11.1 Å². The lowest BCUT2D eigenvalue weighted by atomic mass is 9.96. The average molecular weight is 384 g/mol. The Hall–Kier alpha value is -2.19. The van der Waals surface area contributed by atoms with E-state index in [-0.39, 0.29) is 12.6 Å². The maximum atomic E-state index is 10.7. The molecule has 1 saturated carbocycles. The number of benzene rings is 1. The Morgan fingerprint density at radius 2 is 1.93 bits per heavy atom. The van der Waals surface area contributed by atoms with Crippen molar-refractivity contribution in [2.75, 3.05) is 18.1 Å². The molecular formula is C21H24N2O5. The molecule has 1 aromatic carbocycles. The largest absolute Gasteiger partial charge is 0.489 e. The van der Waals surface area contributed by atoms with Gasteiger partial charge in [-0.2, -0.15) is 0 Å². The van der Waals surface area contributed by atoms with Crippen LogP contribution in [0, 0.1) is 0 Å². The van der Waals surface area contributed by atoms with Gasteiger partial charge in [-0.3, -0.25) is 4.98 Å². The van der Waals surface area contributed by atoms with Crippen LogP contribution in [0.3, 0.4) is 0 Å². The fourth-order valence-electron chi connectivity index (χ4n) is 4.56. The Bertz CT molecular complexity index is 866. The first-order chi connectivity index (χ1) is 13.6. The first-order valence-corrected chi connectivity index (χ1v) is 9.78. The highest BCUT2D eigenvalue weighted by Crippen LogP contribution is 2.42. The van der Waals surface area contributed by atoms with Crippen molar-refractivity contribution < 1.29 is 24.8 Å². The number of anilines is 1. The molecule has 2 aromatic rings. The van der Waals surface area contributed by atoms with Gasteiger partial charge in [0.15, 0.2) is 0 Å². The molecule has 3 aliphatic rings. The van der Waals surface area contributed by atoms with Gasteiger partial charge in [0.1, 0.15) is 24.1 Å². The molecule has 3 N–H and O–H groups in total. The quantitative estimate of drug-likeness (QED) is 0.742. The molecule has 2 aliphatic heterocycles. The summed E-state index contributed by atoms with van der Waals surface area (Å²) in [6.45, 7) is 0.169. The molecule has 7 nitrogen and oxygen atoms in total. The number of aromatic nitrogens is 1. The van der Waals surface area contributed by atoms with E-state index in [2.05, 4.69) is 4.98 Å². The van der Waals surface area contributed by atoms with Gasteiger partial charge in [-0.1, -0.05) is 25.0 Å². The number of aliphatic hydroxyl groups excluding tert-OH is 2. The van der Waals surface area contributed by atoms with Gasteiger partial charge in [0.2, 0.25) is 6.41 Å². The molecule has 2 fully saturated rings. The summed E-state index contributed by atoms with van der Waals surface area (Å²) in [4.78, 5) is 6.27. The molecule has 1 saturated heterocycles. The minimum Gasteiger partial charge on any atom is -0.489 e. The highest BCUT2D eigenvalue weighted by atomic mass is 16.7. The lowest BCUT2D eigenvalue weighted by Crippen LogP contribution is -2.46. The molecule has 1 aromatic heterocycles. The first kappa shape index (κ1) is 17.9. The minimum absolute atomic E-state index is 0.167. The average Bonchev–Trinajstić information content (AvgIpc) is 3.32. The van der Waals surface area contributed by atoms with E-state index in [4.69, 9.17) is 9.47 Å². The Labute approximate surface area is 163 Å². The second-order valence-electron chi connectivity index (χ2n) is 7.82. The fourth-order valence-corrected chi connectivity index (χ4v) is 4.56. The summed E-state index contributed by atoms with van der Waals surface area (Å²) < 4.78 is 11.3. The van der Waals surface area contributed by atoms with Gasteiger partial charge in [-0.25, -0.2) is 0 Å². The predicted molar refractivity (Wildman–Crippen MR) is 102 cm³/mol. The van der Waals surface area contributed by atoms with Crippen molar-refractivity contribution in [1.82, 2.24) is 4.98 Å². The van der Waals surface area contributed by atoms with Crippen molar-refractivity contribution in [3.63, 3.8) is 0 Å². The summed E-state index contributed by atoms with van der Waals surface area (Å²) in [6.07, 6.45) is 3.82. The second kappa shape index (κ2) is 6.70. The SMILES string of the molecule is OC[C@@H]1OC(O)N2c3ccc(-c4ccc(C5(O)CCCC5)nc4)cc3OC[C@@H]12. The van der Waals surface area contributed by atoms with Crippen molar-refractivity contribution in [3.05, 3.63) is 42.2 Å². The van der Waals surface area contributed by atoms with Crippen LogP contribution >= 0.6 is 0 Å². The third-order valence-corrected chi connectivity index (χ3v) is 6.15. The molecule has 0 bridgehead atoms. The minimum atomic E-state index is -1.09. The zero-order chi connectivity index (χ0) is 19.3. The molecular weight excluding hydrogens is 360 g/mol. The number of rotatable bonds is 3. The van der Waals surface area contributed by atoms with Crippen LogP contribution in [0.2, 0.25) is 0 Å². The molecule has 148 valence electrons. The van der Waals surface area contributed by atoms with Gasteiger partial charge in [0, 0.05) is 11.8 Å². The van der Waals surface area contributed by atoms with E-state index in [9.17, 15) is 15.3 Å². The van der Waals surface area contributed by atoms with Crippen molar-refractivity contribution in [2.45, 2.75) is 49.8 Å². The van der Waals surface area contributed by atoms with E-state index in [0.29, 0.717) is 12.4 Å². The van der Waals surface area contributed by atoms with Crippen LogP contribution in [-0.4, -0.2) is 52.1 Å². The smallest absolute Gasteiger partial charge is 0.238 e. The van der Waals surface area contributed by atoms with Crippen molar-refractivity contribution in [3.8, 4) is 16.9 Å². The second-order valence-corrected chi connectivity index (χ2v) is 7.82. The molecule has 1 aliphatic carbocycles. The number of nitrogens with zero attached hydrogens (tertiary/aromatic N) is 2. The predicted octanol–water partition coefficient (Wildman–Crippen LogP) is 1.74. The van der Waals surface area contributed by atoms with Crippen LogP contribution in [0.1, 0.15) is 31.4 Å². The molecule has 0 spiro atoms. The molecule has 7 heteroatoms. The summed E-state index contributed by atoms with van der Waals surface area (Å²) in [6, 6.07) is 9.42. The number of aliphatic hydroxyl groups is 3. The summed E-state index contributed by atoms with van der Waals surface area (Å²) in [5, 5.41) is 30.4. The lowest BCUT2D eigenvalue weighted by molar-refractivity contribution is -0.101. The first-order valence-electron chi connectivity index (χ1n) is 9.78. The van der Waals surface area contributed by atoms with Crippen LogP contribution in [0.5, 0.6) is 5.75 Å². The number of fused-ring (bicyclic) bond motifs is 3. The van der Waals surface area contributed by atoms with Gasteiger partial charge in [-0.15, -0.1) is 0 Å². The van der Waals surface area contributed by atoms with Gasteiger partial charge in [0.25, 0.3) is 0 Å². The van der Waals surface area contributed by atoms with E-state index < -0.39 is 18.1 Å². The van der Waals surface area contributed by atoms with E-state index in [0.717, 1.165) is 48.2 Å². The van der Waals surface area contributed by atoms with E-state index in [1.165, 1.54) is 0 Å². The maximum Gasteiger partial charge on any atom is 0.238 e. The van der Waals surface area contributed by atoms with Crippen molar-refractivity contribution in [1.29, 1.82) is 0 Å². The number of ether oxygens (including phenoxy) is 2. The molecule has 28 heavy (non-hydrogen) atoms. The van der Waals surface area contributed by atoms with E-state index in [1.54, 1.807) is 11.1 Å². The van der Waals surface area contributed by atoms with Crippen molar-refractivity contribution >= 4 is 5.69 Å². The molecule has 3 atom stereocenters. The molecule has 1 unspecified atom stereocenters. The summed E-state index contributed by atoms with van der Waals surface area (Å²) in [5.41, 5.74) is 2.57. The normalized spacial score (nSPS) is 28.0. The zero-order valence-electron chi connectivity index (χ0n) is 15.5. The number of hydrogen-bond donors (Lipinski definition) is 3. The summed E-state index contributed by atoms with van der Waals surface area (Å²) >= 11 is 0. The van der Waals surface area contributed by atoms with Gasteiger partial charge in [-0.05, 0) is 36.6 Å². The highest BCUT2D eigenvalue weighted by Gasteiger charge is 2.45. The van der Waals surface area contributed by atoms with E-state index in [1.807, 2.05) is 30.3 Å². The fraction of sp³-hybridized carbons (Fsp3) is 0.476. The third kappa shape index (κ3) is 2.78. The Morgan fingerprint density at radius 3 is 2.64 bits per heavy atom. The summed E-state index contributed by atoms with van der Waals surface area (Å²) in [5.74, 6) is 0.661. The van der Waals surface area contributed by atoms with Crippen LogP contribution < -0.4 is 9.64 Å². The third-order valence-electron chi connectivity index (χ3n) is 6.15. The maximum absolute atomic E-state index is 10.7. The van der Waals surface area contributed by atoms with Crippen LogP contribution in [-0.2, 0) is 10.3 Å². The Kier molecular flexibility index (Phi) is 4.28. The van der Waals surface area contributed by atoms with E-state index >= 15 is 0 Å². The summed E-state index contributed by atoms with van der Waals surface area (Å²) in [7, 11) is 0. The molecule has 3 heterocycles. The standard InChI is InChI=1S/C21H24N2O5/c24-11-18-16-12-27-17-9-13(3-5-15(17)23(16)20(25)28-18)14-4-6-19(22-10-14)21(26)7-1-2-8-21/h3-6,9-10,16,18,20,24-26H,1-2,7-8,11-12H2/t16-,18-,20?/m0/s1.